The molecule has 0 radical (unpaired) electrons. The molecule has 0 unspecified atom stereocenters. The van der Waals surface area contributed by atoms with E-state index in [-0.39, 0.29) is 0 Å². The van der Waals surface area contributed by atoms with Gasteiger partial charge >= 0.3 is 37.1 Å². The Morgan fingerprint density at radius 2 is 1.34 bits per heavy atom. The number of aliphatic hydroxyl groups excluding tert-OH is 6. The van der Waals surface area contributed by atoms with Crippen LogP contribution in [-0.2, 0) is 67.9 Å². The molecule has 3 aliphatic heterocycles. The Bertz CT molecular complexity index is 1410. The molecule has 0 aromatic carbocycles. The number of rotatable bonds is 13. The predicted molar refractivity (Wildman–Crippen MR) is 137 cm³/mol. The van der Waals surface area contributed by atoms with Gasteiger partial charge in [0.15, 0.2) is 31.1 Å². The van der Waals surface area contributed by atoms with Gasteiger partial charge in [0.25, 0.3) is 0 Å². The van der Waals surface area contributed by atoms with Gasteiger partial charge in [-0.2, -0.15) is 30.0 Å². The summed E-state index contributed by atoms with van der Waals surface area (Å²) in [6, 6.07) is -3.98. The molecule has 26 nitrogen and oxygen atoms in total. The van der Waals surface area contributed by atoms with E-state index in [1.54, 1.807) is 0 Å². The summed E-state index contributed by atoms with van der Waals surface area (Å²) in [5, 5.41) is 71.4. The lowest BCUT2D eigenvalue weighted by atomic mass is 9.95. The molecule has 0 bridgehead atoms. The number of ether oxygens (including phenoxy) is 5. The fraction of sp³-hybridized carbons (Fsp3) is 0.944. The molecule has 0 aromatic rings. The quantitative estimate of drug-likeness (QED) is 0.0776. The zero-order chi connectivity index (χ0) is 35.8. The molecule has 13 N–H and O–H groups in total. The van der Waals surface area contributed by atoms with Gasteiger partial charge in [-0.05, 0) is 0 Å². The minimum atomic E-state index is -5.64. The SMILES string of the molecule is N[C@H]1[C@@H](O[C@H]2[C@H](O)[C@@H](OS(=O)(=O)O)[C@H](O[C@H]3[C@H](O)[C@@H](NS(=O)(=O)O)[C@@H](O)O[C@@H]3COS(=O)(=O)O)O[C@H]2C(=O)O)O[C@H](CO)[C@@H](O)[C@@H]1O. The van der Waals surface area contributed by atoms with E-state index in [1.165, 1.54) is 4.72 Å². The van der Waals surface area contributed by atoms with E-state index in [0.717, 1.165) is 0 Å². The van der Waals surface area contributed by atoms with Crippen LogP contribution in [0.2, 0.25) is 0 Å². The second-order valence-corrected chi connectivity index (χ2v) is 13.4. The maximum Gasteiger partial charge on any atom is 0.397 e. The summed E-state index contributed by atoms with van der Waals surface area (Å²) in [6.07, 6.45) is -29.1. The van der Waals surface area contributed by atoms with Crippen molar-refractivity contribution >= 4 is 37.1 Å². The molecule has 276 valence electrons. The largest absolute Gasteiger partial charge is 0.479 e. The maximum absolute atomic E-state index is 12.2. The van der Waals surface area contributed by atoms with Crippen molar-refractivity contribution in [3.05, 3.63) is 0 Å². The molecule has 3 fully saturated rings. The zero-order valence-electron chi connectivity index (χ0n) is 23.1. The second-order valence-electron chi connectivity index (χ2n) is 10.1. The second kappa shape index (κ2) is 15.2. The van der Waals surface area contributed by atoms with Crippen LogP contribution in [-0.4, -0.2) is 186 Å². The number of aliphatic hydroxyl groups is 6. The van der Waals surface area contributed by atoms with Gasteiger partial charge in [0.1, 0.15) is 54.9 Å². The first-order valence-corrected chi connectivity index (χ1v) is 16.9. The molecular weight excluding hydrogens is 724 g/mol. The summed E-state index contributed by atoms with van der Waals surface area (Å²) in [7, 11) is -16.2. The first kappa shape index (κ1) is 40.0. The smallest absolute Gasteiger partial charge is 0.397 e. The highest BCUT2D eigenvalue weighted by atomic mass is 32.3. The first-order valence-electron chi connectivity index (χ1n) is 12.7. The van der Waals surface area contributed by atoms with Gasteiger partial charge in [-0.15, -0.1) is 0 Å². The van der Waals surface area contributed by atoms with Crippen molar-refractivity contribution in [3.8, 4) is 0 Å². The number of hydrogen-bond donors (Lipinski definition) is 12. The topological polar surface area (TPSA) is 424 Å². The van der Waals surface area contributed by atoms with Crippen molar-refractivity contribution in [1.29, 1.82) is 0 Å². The van der Waals surface area contributed by atoms with Gasteiger partial charge in [-0.25, -0.2) is 13.2 Å². The van der Waals surface area contributed by atoms with Crippen LogP contribution in [0.25, 0.3) is 0 Å². The Kier molecular flexibility index (Phi) is 13.0. The van der Waals surface area contributed by atoms with E-state index in [0.29, 0.717) is 0 Å². The Balaban J connectivity index is 2.00. The molecule has 0 saturated carbocycles. The number of nitrogens with one attached hydrogen (secondary N) is 1. The van der Waals surface area contributed by atoms with E-state index in [2.05, 4.69) is 8.37 Å². The van der Waals surface area contributed by atoms with E-state index < -0.39 is 142 Å². The van der Waals surface area contributed by atoms with E-state index in [1.807, 2.05) is 0 Å². The van der Waals surface area contributed by atoms with Crippen molar-refractivity contribution in [2.24, 2.45) is 5.73 Å². The third-order valence-electron chi connectivity index (χ3n) is 6.87. The van der Waals surface area contributed by atoms with E-state index in [9.17, 15) is 70.3 Å². The molecule has 3 heterocycles. The first-order chi connectivity index (χ1) is 21.4. The Morgan fingerprint density at radius 3 is 1.85 bits per heavy atom. The standard InChI is InChI=1S/C18H32N2O24S3/c19-5-8(23)7(22)3(1-21)40-17(5)42-12-10(25)13(44-47(35,36)37)18(43-14(12)15(26)27)41-11-4(2-38-46(32,33)34)39-16(28)6(9(11)24)20-45(29,30)31/h3-14,16-18,20-25,28H,1-2,19H2,(H,26,27)(H,29,30,31)(H,32,33,34)(H,35,36,37)/t3-,4-,5-,6-,7-,8-,9-,10+,11-,12+,13-,14-,16+,17-,18-/m1/s1. The third-order valence-corrected chi connectivity index (χ3v) is 8.34. The van der Waals surface area contributed by atoms with Crippen molar-refractivity contribution in [2.45, 2.75) is 92.0 Å². The lowest BCUT2D eigenvalue weighted by Gasteiger charge is -2.48. The van der Waals surface area contributed by atoms with Crippen LogP contribution in [0.1, 0.15) is 0 Å². The van der Waals surface area contributed by atoms with Gasteiger partial charge < -0.3 is 65.2 Å². The van der Waals surface area contributed by atoms with Crippen molar-refractivity contribution in [2.75, 3.05) is 13.2 Å². The maximum atomic E-state index is 12.2. The van der Waals surface area contributed by atoms with Gasteiger partial charge in [-0.1, -0.05) is 0 Å². The van der Waals surface area contributed by atoms with Crippen LogP contribution >= 0.6 is 0 Å². The summed E-state index contributed by atoms with van der Waals surface area (Å²) >= 11 is 0. The van der Waals surface area contributed by atoms with Crippen LogP contribution in [0.3, 0.4) is 0 Å². The van der Waals surface area contributed by atoms with E-state index in [4.69, 9.17) is 38.5 Å². The highest BCUT2D eigenvalue weighted by molar-refractivity contribution is 7.83. The average molecular weight is 757 g/mol. The highest BCUT2D eigenvalue weighted by Crippen LogP contribution is 2.34. The van der Waals surface area contributed by atoms with E-state index >= 15 is 0 Å². The summed E-state index contributed by atoms with van der Waals surface area (Å²) in [5.74, 6) is -2.01. The molecule has 3 saturated heterocycles. The fourth-order valence-electron chi connectivity index (χ4n) is 4.75. The molecule has 3 rings (SSSR count). The number of nitrogens with two attached hydrogens (primary N) is 1. The van der Waals surface area contributed by atoms with Gasteiger partial charge in [0.2, 0.25) is 0 Å². The fourth-order valence-corrected chi connectivity index (χ4v) is 6.15. The number of carbonyl (C=O) groups is 1. The van der Waals surface area contributed by atoms with Crippen molar-refractivity contribution < 1.29 is 112 Å². The van der Waals surface area contributed by atoms with Gasteiger partial charge in [-0.3, -0.25) is 13.7 Å². The molecular formula is C18H32N2O24S3. The molecule has 0 aliphatic carbocycles. The number of aliphatic carboxylic acids is 1. The third kappa shape index (κ3) is 10.3. The Morgan fingerprint density at radius 1 is 0.745 bits per heavy atom. The lowest BCUT2D eigenvalue weighted by molar-refractivity contribution is -0.357. The van der Waals surface area contributed by atoms with Crippen LogP contribution in [0, 0.1) is 0 Å². The average Bonchev–Trinajstić information content (AvgIpc) is 2.92. The molecule has 0 amide bonds. The minimum Gasteiger partial charge on any atom is -0.479 e. The minimum absolute atomic E-state index is 0.933. The molecule has 0 spiro atoms. The van der Waals surface area contributed by atoms with Crippen molar-refractivity contribution in [3.63, 3.8) is 0 Å². The summed E-state index contributed by atoms with van der Waals surface area (Å²) in [4.78, 5) is 12.2. The molecule has 47 heavy (non-hydrogen) atoms. The van der Waals surface area contributed by atoms with Crippen LogP contribution < -0.4 is 10.5 Å². The number of carboxylic acids is 1. The Labute approximate surface area is 264 Å². The molecule has 0 aromatic heterocycles. The van der Waals surface area contributed by atoms with Crippen molar-refractivity contribution in [1.82, 2.24) is 4.72 Å². The molecule has 29 heteroatoms. The molecule has 15 atom stereocenters. The van der Waals surface area contributed by atoms with Crippen LogP contribution in [0.5, 0.6) is 0 Å². The summed E-state index contributed by atoms with van der Waals surface area (Å²) in [5.41, 5.74) is 5.75. The normalized spacial score (nSPS) is 42.2. The van der Waals surface area contributed by atoms with Gasteiger partial charge in [0, 0.05) is 0 Å². The monoisotopic (exact) mass is 756 g/mol. The highest BCUT2D eigenvalue weighted by Gasteiger charge is 2.57. The number of carboxylic acid groups (broad SMARTS) is 1. The number of hydrogen-bond acceptors (Lipinski definition) is 21. The van der Waals surface area contributed by atoms with Crippen LogP contribution in [0.15, 0.2) is 0 Å². The predicted octanol–water partition coefficient (Wildman–Crippen LogP) is -8.46. The lowest BCUT2D eigenvalue weighted by Crippen LogP contribution is -2.69. The summed E-state index contributed by atoms with van der Waals surface area (Å²) in [6.45, 7) is -2.29. The van der Waals surface area contributed by atoms with Crippen LogP contribution in [0.4, 0.5) is 0 Å². The van der Waals surface area contributed by atoms with Gasteiger partial charge in [0.05, 0.1) is 19.3 Å². The zero-order valence-corrected chi connectivity index (χ0v) is 25.5. The summed E-state index contributed by atoms with van der Waals surface area (Å²) < 4.78 is 132. The Hall–Kier alpha value is -1.40. The molecule has 3 aliphatic rings.